The van der Waals surface area contributed by atoms with Gasteiger partial charge in [-0.05, 0) is 23.8 Å². The van der Waals surface area contributed by atoms with Crippen molar-refractivity contribution in [1.82, 2.24) is 24.4 Å². The molecule has 4 rings (SSSR count). The molecule has 3 heterocycles. The predicted octanol–water partition coefficient (Wildman–Crippen LogP) is 3.53. The number of carbonyl (C=O) groups excluding carboxylic acids is 1. The lowest BCUT2D eigenvalue weighted by Gasteiger charge is -2.02. The summed E-state index contributed by atoms with van der Waals surface area (Å²) in [6.07, 6.45) is 5.00. The van der Waals surface area contributed by atoms with Crippen molar-refractivity contribution in [2.24, 2.45) is 0 Å². The molecule has 7 nitrogen and oxygen atoms in total. The first-order valence-electron chi connectivity index (χ1n) is 7.67. The standard InChI is InChI=1S/C17H12Cl2N6O/c18-12-4-2-11(3-5-12)9-24-10-13(19)16(23-24)21-17(26)14-8-15-20-6-1-7-25(15)22-14/h1-8,10H,9H2,(H,21,23,26). The van der Waals surface area contributed by atoms with Gasteiger partial charge in [-0.2, -0.15) is 10.2 Å². The van der Waals surface area contributed by atoms with Crippen LogP contribution in [-0.2, 0) is 6.54 Å². The summed E-state index contributed by atoms with van der Waals surface area (Å²) in [4.78, 5) is 16.5. The molecule has 4 aromatic rings. The van der Waals surface area contributed by atoms with E-state index < -0.39 is 5.91 Å². The molecular weight excluding hydrogens is 375 g/mol. The molecule has 0 spiro atoms. The summed E-state index contributed by atoms with van der Waals surface area (Å²) < 4.78 is 3.17. The Morgan fingerprint density at radius 3 is 2.73 bits per heavy atom. The van der Waals surface area contributed by atoms with E-state index in [4.69, 9.17) is 23.2 Å². The van der Waals surface area contributed by atoms with Crippen molar-refractivity contribution in [3.8, 4) is 0 Å². The fourth-order valence-corrected chi connectivity index (χ4v) is 2.78. The molecule has 3 aromatic heterocycles. The van der Waals surface area contributed by atoms with Crippen LogP contribution >= 0.6 is 23.2 Å². The van der Waals surface area contributed by atoms with E-state index in [0.717, 1.165) is 5.56 Å². The van der Waals surface area contributed by atoms with Crippen LogP contribution in [0.3, 0.4) is 0 Å². The van der Waals surface area contributed by atoms with E-state index in [-0.39, 0.29) is 11.5 Å². The number of rotatable bonds is 4. The van der Waals surface area contributed by atoms with E-state index in [1.807, 2.05) is 24.3 Å². The van der Waals surface area contributed by atoms with Crippen LogP contribution in [0.25, 0.3) is 5.65 Å². The van der Waals surface area contributed by atoms with Gasteiger partial charge in [0.2, 0.25) is 0 Å². The second kappa shape index (κ2) is 6.78. The Morgan fingerprint density at radius 1 is 1.15 bits per heavy atom. The molecule has 0 aliphatic heterocycles. The number of aromatic nitrogens is 5. The van der Waals surface area contributed by atoms with Crippen LogP contribution in [0.2, 0.25) is 10.0 Å². The third kappa shape index (κ3) is 3.40. The molecule has 130 valence electrons. The molecule has 1 N–H and O–H groups in total. The molecule has 0 saturated carbocycles. The molecule has 26 heavy (non-hydrogen) atoms. The van der Waals surface area contributed by atoms with E-state index in [9.17, 15) is 4.79 Å². The summed E-state index contributed by atoms with van der Waals surface area (Å²) >= 11 is 12.1. The zero-order valence-corrected chi connectivity index (χ0v) is 14.8. The Bertz CT molecular complexity index is 1050. The summed E-state index contributed by atoms with van der Waals surface area (Å²) in [5.41, 5.74) is 1.82. The van der Waals surface area contributed by atoms with Gasteiger partial charge < -0.3 is 5.32 Å². The van der Waals surface area contributed by atoms with Crippen molar-refractivity contribution in [1.29, 1.82) is 0 Å². The summed E-state index contributed by atoms with van der Waals surface area (Å²) in [5, 5.41) is 12.2. The van der Waals surface area contributed by atoms with Crippen molar-refractivity contribution in [3.05, 3.63) is 76.3 Å². The molecule has 9 heteroatoms. The SMILES string of the molecule is O=C(Nc1nn(Cc2ccc(Cl)cc2)cc1Cl)c1cc2ncccn2n1. The highest BCUT2D eigenvalue weighted by Gasteiger charge is 2.15. The van der Waals surface area contributed by atoms with E-state index in [1.165, 1.54) is 4.52 Å². The Hall–Kier alpha value is -2.90. The summed E-state index contributed by atoms with van der Waals surface area (Å²) in [6.45, 7) is 0.505. The Labute approximate surface area is 158 Å². The molecule has 0 unspecified atom stereocenters. The van der Waals surface area contributed by atoms with Gasteiger partial charge in [0.1, 0.15) is 5.02 Å². The minimum atomic E-state index is -0.408. The van der Waals surface area contributed by atoms with Crippen LogP contribution in [0.15, 0.2) is 55.0 Å². The average molecular weight is 387 g/mol. The zero-order chi connectivity index (χ0) is 18.1. The first kappa shape index (κ1) is 16.6. The maximum absolute atomic E-state index is 12.4. The van der Waals surface area contributed by atoms with Gasteiger partial charge in [-0.1, -0.05) is 35.3 Å². The topological polar surface area (TPSA) is 77.1 Å². The lowest BCUT2D eigenvalue weighted by molar-refractivity contribution is 0.102. The Kier molecular flexibility index (Phi) is 4.32. The van der Waals surface area contributed by atoms with Crippen molar-refractivity contribution in [2.45, 2.75) is 6.54 Å². The Morgan fingerprint density at radius 2 is 1.96 bits per heavy atom. The highest BCUT2D eigenvalue weighted by Crippen LogP contribution is 2.21. The fourth-order valence-electron chi connectivity index (χ4n) is 2.45. The van der Waals surface area contributed by atoms with Gasteiger partial charge in [0.15, 0.2) is 17.2 Å². The second-order valence-corrected chi connectivity index (χ2v) is 6.40. The number of carbonyl (C=O) groups is 1. The number of anilines is 1. The highest BCUT2D eigenvalue weighted by molar-refractivity contribution is 6.33. The highest BCUT2D eigenvalue weighted by atomic mass is 35.5. The first-order valence-corrected chi connectivity index (χ1v) is 8.43. The molecule has 1 aromatic carbocycles. The zero-order valence-electron chi connectivity index (χ0n) is 13.3. The summed E-state index contributed by atoms with van der Waals surface area (Å²) in [6, 6.07) is 10.7. The maximum atomic E-state index is 12.4. The van der Waals surface area contributed by atoms with E-state index in [1.54, 1.807) is 35.4 Å². The van der Waals surface area contributed by atoms with E-state index >= 15 is 0 Å². The smallest absolute Gasteiger partial charge is 0.277 e. The molecular formula is C17H12Cl2N6O. The number of hydrogen-bond donors (Lipinski definition) is 1. The van der Waals surface area contributed by atoms with Gasteiger partial charge in [-0.15, -0.1) is 0 Å². The minimum Gasteiger partial charge on any atom is -0.302 e. The van der Waals surface area contributed by atoms with Crippen LogP contribution in [0.5, 0.6) is 0 Å². The normalized spacial score (nSPS) is 11.0. The van der Waals surface area contributed by atoms with Crippen LogP contribution in [0, 0.1) is 0 Å². The maximum Gasteiger partial charge on any atom is 0.277 e. The molecule has 0 fully saturated rings. The molecule has 1 amide bonds. The van der Waals surface area contributed by atoms with Gasteiger partial charge in [0.05, 0.1) is 6.54 Å². The van der Waals surface area contributed by atoms with Gasteiger partial charge in [0, 0.05) is 29.7 Å². The number of benzene rings is 1. The van der Waals surface area contributed by atoms with Gasteiger partial charge in [0.25, 0.3) is 5.91 Å². The number of amides is 1. The minimum absolute atomic E-state index is 0.229. The van der Waals surface area contributed by atoms with Crippen LogP contribution in [-0.4, -0.2) is 30.3 Å². The van der Waals surface area contributed by atoms with Crippen molar-refractivity contribution in [2.75, 3.05) is 5.32 Å². The predicted molar refractivity (Wildman–Crippen MR) is 98.7 cm³/mol. The molecule has 0 aliphatic carbocycles. The molecule has 0 atom stereocenters. The molecule has 0 saturated heterocycles. The molecule has 0 radical (unpaired) electrons. The van der Waals surface area contributed by atoms with Crippen LogP contribution in [0.1, 0.15) is 16.1 Å². The largest absolute Gasteiger partial charge is 0.302 e. The van der Waals surface area contributed by atoms with Crippen molar-refractivity contribution >= 4 is 40.6 Å². The van der Waals surface area contributed by atoms with Gasteiger partial charge in [-0.3, -0.25) is 9.48 Å². The van der Waals surface area contributed by atoms with Crippen LogP contribution in [0.4, 0.5) is 5.82 Å². The average Bonchev–Trinajstić information content (AvgIpc) is 3.21. The first-order chi connectivity index (χ1) is 12.6. The number of halogens is 2. The van der Waals surface area contributed by atoms with Crippen LogP contribution < -0.4 is 5.32 Å². The number of nitrogens with one attached hydrogen (secondary N) is 1. The third-order valence-corrected chi connectivity index (χ3v) is 4.20. The number of nitrogens with zero attached hydrogens (tertiary/aromatic N) is 5. The number of hydrogen-bond acceptors (Lipinski definition) is 4. The van der Waals surface area contributed by atoms with Gasteiger partial charge >= 0.3 is 0 Å². The monoisotopic (exact) mass is 386 g/mol. The quantitative estimate of drug-likeness (QED) is 0.581. The summed E-state index contributed by atoms with van der Waals surface area (Å²) in [7, 11) is 0. The van der Waals surface area contributed by atoms with Crippen molar-refractivity contribution < 1.29 is 4.79 Å². The van der Waals surface area contributed by atoms with E-state index in [2.05, 4.69) is 20.5 Å². The van der Waals surface area contributed by atoms with Gasteiger partial charge in [-0.25, -0.2) is 9.50 Å². The lowest BCUT2D eigenvalue weighted by atomic mass is 10.2. The third-order valence-electron chi connectivity index (χ3n) is 3.68. The van der Waals surface area contributed by atoms with E-state index in [0.29, 0.717) is 22.2 Å². The van der Waals surface area contributed by atoms with Crippen molar-refractivity contribution in [3.63, 3.8) is 0 Å². The molecule has 0 bridgehead atoms. The second-order valence-electron chi connectivity index (χ2n) is 5.56. The summed E-state index contributed by atoms with van der Waals surface area (Å²) in [5.74, 6) is -0.134. The Balaban J connectivity index is 1.51. The lowest BCUT2D eigenvalue weighted by Crippen LogP contribution is -2.14. The fraction of sp³-hybridized carbons (Fsp3) is 0.0588. The number of fused-ring (bicyclic) bond motifs is 1. The molecule has 0 aliphatic rings.